The molecular formula is C65H59N5O. The largest absolute Gasteiger partial charge is 0.439 e. The van der Waals surface area contributed by atoms with E-state index < -0.39 is 31.4 Å². The molecule has 4 aromatic heterocycles. The van der Waals surface area contributed by atoms with Crippen LogP contribution in [0.15, 0.2) is 182 Å². The third-order valence-electron chi connectivity index (χ3n) is 14.2. The Hall–Kier alpha value is -7.96. The van der Waals surface area contributed by atoms with Gasteiger partial charge in [0.1, 0.15) is 18.2 Å². The molecule has 6 nitrogen and oxygen atoms in total. The van der Waals surface area contributed by atoms with E-state index in [4.69, 9.17) is 27.0 Å². The Morgan fingerprint density at radius 2 is 1.07 bits per heavy atom. The van der Waals surface area contributed by atoms with Crippen LogP contribution in [0.25, 0.3) is 82.1 Å². The number of hydrogen-bond acceptors (Lipinski definition) is 4. The minimum absolute atomic E-state index is 0.0858. The van der Waals surface area contributed by atoms with Gasteiger partial charge in [0.05, 0.1) is 27.8 Å². The lowest BCUT2D eigenvalue weighted by Crippen LogP contribution is -2.17. The number of hydrogen-bond donors (Lipinski definition) is 0. The fraction of sp³-hybridized carbons (Fsp3) is 0.200. The van der Waals surface area contributed by atoms with Gasteiger partial charge in [0.15, 0.2) is 0 Å². The number of anilines is 2. The van der Waals surface area contributed by atoms with Gasteiger partial charge in [-0.15, -0.1) is 0 Å². The van der Waals surface area contributed by atoms with Crippen molar-refractivity contribution in [2.75, 3.05) is 4.90 Å². The molecule has 0 fully saturated rings. The van der Waals surface area contributed by atoms with Gasteiger partial charge in [-0.1, -0.05) is 177 Å². The van der Waals surface area contributed by atoms with Crippen LogP contribution in [0, 0.1) is 0 Å². The van der Waals surface area contributed by atoms with E-state index in [0.717, 1.165) is 82.3 Å². The van der Waals surface area contributed by atoms with Crippen molar-refractivity contribution in [3.63, 3.8) is 0 Å². The number of rotatable bonds is 5. The van der Waals surface area contributed by atoms with E-state index >= 15 is 0 Å². The Morgan fingerprint density at radius 1 is 0.479 bits per heavy atom. The molecule has 71 heavy (non-hydrogen) atoms. The summed E-state index contributed by atoms with van der Waals surface area (Å²) >= 11 is 0. The van der Waals surface area contributed by atoms with Crippen molar-refractivity contribution >= 4 is 76.5 Å². The molecule has 0 unspecified atom stereocenters. The summed E-state index contributed by atoms with van der Waals surface area (Å²) in [6, 6.07) is 56.4. The van der Waals surface area contributed by atoms with Crippen LogP contribution >= 0.6 is 0 Å². The number of para-hydroxylation sites is 3. The first kappa shape index (κ1) is 35.2. The summed E-state index contributed by atoms with van der Waals surface area (Å²) in [7, 11) is 0. The van der Waals surface area contributed by atoms with E-state index in [1.165, 1.54) is 17.7 Å². The van der Waals surface area contributed by atoms with Crippen LogP contribution in [0.3, 0.4) is 0 Å². The number of aromatic nitrogens is 4. The predicted molar refractivity (Wildman–Crippen MR) is 299 cm³/mol. The molecule has 0 amide bonds. The molecule has 7 aromatic carbocycles. The maximum atomic E-state index is 8.79. The Kier molecular flexibility index (Phi) is 8.08. The molecule has 0 radical (unpaired) electrons. The van der Waals surface area contributed by atoms with Crippen molar-refractivity contribution in [3.05, 3.63) is 199 Å². The Morgan fingerprint density at radius 3 is 1.76 bits per heavy atom. The van der Waals surface area contributed by atoms with Crippen LogP contribution in [-0.2, 0) is 22.9 Å². The summed E-state index contributed by atoms with van der Waals surface area (Å²) in [5.74, 6) is 1.78. The molecule has 0 aliphatic carbocycles. The van der Waals surface area contributed by atoms with Crippen LogP contribution in [0.5, 0.6) is 11.6 Å². The van der Waals surface area contributed by atoms with Gasteiger partial charge in [-0.3, -0.25) is 4.57 Å². The summed E-state index contributed by atoms with van der Waals surface area (Å²) in [6.45, 7) is 2.31. The lowest BCUT2D eigenvalue weighted by Gasteiger charge is -2.27. The molecule has 5 heterocycles. The molecule has 12 rings (SSSR count). The summed E-state index contributed by atoms with van der Waals surface area (Å²) in [6.07, 6.45) is 3.61. The minimum atomic E-state index is -3.47. The first-order valence-electron chi connectivity index (χ1n) is 28.7. The van der Waals surface area contributed by atoms with Crippen LogP contribution < -0.4 is 9.64 Å². The van der Waals surface area contributed by atoms with E-state index in [-0.39, 0.29) is 17.6 Å². The molecule has 0 saturated heterocycles. The number of benzene rings is 7. The lowest BCUT2D eigenvalue weighted by molar-refractivity contribution is 0.463. The van der Waals surface area contributed by atoms with E-state index in [1.54, 1.807) is 6.20 Å². The monoisotopic (exact) mass is 935 g/mol. The molecule has 11 aromatic rings. The van der Waals surface area contributed by atoms with Gasteiger partial charge in [-0.25, -0.2) is 9.97 Å². The second-order valence-corrected chi connectivity index (χ2v) is 20.9. The van der Waals surface area contributed by atoms with Crippen LogP contribution in [0.2, 0.25) is 0 Å². The number of nitrogens with zero attached hydrogens (tertiary/aromatic N) is 5. The maximum absolute atomic E-state index is 8.79. The third-order valence-corrected chi connectivity index (χ3v) is 14.2. The van der Waals surface area contributed by atoms with Gasteiger partial charge in [0, 0.05) is 69.7 Å². The van der Waals surface area contributed by atoms with Gasteiger partial charge in [0.25, 0.3) is 0 Å². The fourth-order valence-electron chi connectivity index (χ4n) is 10.6. The maximum Gasteiger partial charge on any atom is 0.221 e. The van der Waals surface area contributed by atoms with Gasteiger partial charge in [-0.05, 0) is 103 Å². The van der Waals surface area contributed by atoms with Crippen molar-refractivity contribution in [2.24, 2.45) is 0 Å². The molecule has 1 aliphatic heterocycles. The molecule has 0 spiro atoms. The van der Waals surface area contributed by atoms with Crippen LogP contribution in [0.1, 0.15) is 91.1 Å². The van der Waals surface area contributed by atoms with Gasteiger partial charge in [0.2, 0.25) is 5.88 Å². The average molecular weight is 935 g/mol. The van der Waals surface area contributed by atoms with E-state index in [2.05, 4.69) is 114 Å². The zero-order valence-electron chi connectivity index (χ0n) is 49.7. The molecule has 0 saturated carbocycles. The smallest absolute Gasteiger partial charge is 0.221 e. The van der Waals surface area contributed by atoms with E-state index in [1.807, 2.05) is 106 Å². The molecule has 0 bridgehead atoms. The number of pyridine rings is 2. The van der Waals surface area contributed by atoms with Crippen molar-refractivity contribution < 1.29 is 17.1 Å². The topological polar surface area (TPSA) is 48.1 Å². The predicted octanol–water partition coefficient (Wildman–Crippen LogP) is 17.6. The normalized spacial score (nSPS) is 15.5. The highest BCUT2D eigenvalue weighted by molar-refractivity contribution is 6.22. The summed E-state index contributed by atoms with van der Waals surface area (Å²) in [5.41, 5.74) is 3.93. The van der Waals surface area contributed by atoms with Crippen LogP contribution in [0.4, 0.5) is 11.4 Å². The van der Waals surface area contributed by atoms with Gasteiger partial charge >= 0.3 is 0 Å². The van der Waals surface area contributed by atoms with Crippen molar-refractivity contribution in [2.45, 2.75) is 85.0 Å². The molecule has 0 atom stereocenters. The highest BCUT2D eigenvalue weighted by atomic mass is 16.5. The number of ether oxygens (including phenoxy) is 1. The van der Waals surface area contributed by atoms with Crippen molar-refractivity contribution in [1.29, 1.82) is 0 Å². The zero-order valence-corrected chi connectivity index (χ0v) is 40.7. The van der Waals surface area contributed by atoms with Crippen LogP contribution in [-0.4, -0.2) is 19.1 Å². The van der Waals surface area contributed by atoms with E-state index in [0.29, 0.717) is 28.3 Å². The highest BCUT2D eigenvalue weighted by Crippen LogP contribution is 2.46. The highest BCUT2D eigenvalue weighted by Gasteiger charge is 2.28. The fourth-order valence-corrected chi connectivity index (χ4v) is 10.6. The summed E-state index contributed by atoms with van der Waals surface area (Å²) < 4.78 is 90.4. The Labute approximate surface area is 428 Å². The Balaban J connectivity index is 1.08. The Bertz CT molecular complexity index is 4350. The van der Waals surface area contributed by atoms with E-state index in [9.17, 15) is 0 Å². The molecule has 6 heteroatoms. The molecular weight excluding hydrogens is 867 g/mol. The SMILES string of the molecule is [2H]C([2H])([2H])C(c1cc(-c2cccc3c4ccccc4c4ccccc4c4cccc5c4n(c23)CN5c2ccnc(Oc3ccc4c5ccccc5n(-c5cc(C(C)(C)C)ccn5)c4c3)c2)cc(C(C)(C)C)c1)(C([2H])([2H])[2H])C([2H])([2H])[2H]. The quantitative estimate of drug-likeness (QED) is 0.173. The molecule has 1 aliphatic rings. The minimum Gasteiger partial charge on any atom is -0.439 e. The van der Waals surface area contributed by atoms with Crippen molar-refractivity contribution in [3.8, 4) is 28.6 Å². The summed E-state index contributed by atoms with van der Waals surface area (Å²) in [5, 5.41) is 7.96. The zero-order chi connectivity index (χ0) is 56.5. The van der Waals surface area contributed by atoms with Gasteiger partial charge in [-0.2, -0.15) is 0 Å². The lowest BCUT2D eigenvalue weighted by atomic mass is 9.78. The number of fused-ring (bicyclic) bond motifs is 10. The first-order chi connectivity index (χ1) is 37.8. The second kappa shape index (κ2) is 16.3. The van der Waals surface area contributed by atoms with Crippen molar-refractivity contribution in [1.82, 2.24) is 19.1 Å². The molecule has 0 N–H and O–H groups in total. The average Bonchev–Trinajstić information content (AvgIpc) is 3.97. The third kappa shape index (κ3) is 7.56. The first-order valence-corrected chi connectivity index (χ1v) is 24.2. The second-order valence-electron chi connectivity index (χ2n) is 20.9. The molecule has 350 valence electrons. The van der Waals surface area contributed by atoms with Gasteiger partial charge < -0.3 is 14.2 Å². The summed E-state index contributed by atoms with van der Waals surface area (Å²) in [4.78, 5) is 11.9. The standard InChI is InChI=1S/C65H59N5O/c1-63(2,3)42-30-32-66-59(37-42)70-56-26-15-14-22-52(56)53-29-28-46(39-58(53)70)71-60-38-45(31-33-67-60)68-40-69-61-47(41-34-43(64(4,5)6)36-44(35-41)65(7,8)9)23-16-24-54(61)50-20-12-10-18-48(50)49-19-11-13-21-51(49)55-25-17-27-57(68)62(55)69/h10-39H,40H2,1-9H3/i4D3,5D3,6D3.